The van der Waals surface area contributed by atoms with Gasteiger partial charge in [-0.3, -0.25) is 4.79 Å². The van der Waals surface area contributed by atoms with E-state index in [0.717, 1.165) is 26.7 Å². The van der Waals surface area contributed by atoms with Gasteiger partial charge in [0, 0.05) is 22.8 Å². The molecule has 3 aromatic rings. The minimum atomic E-state index is -0.875. The Bertz CT molecular complexity index is 822. The summed E-state index contributed by atoms with van der Waals surface area (Å²) in [5.41, 5.74) is 1.03. The highest BCUT2D eigenvalue weighted by Gasteiger charge is 2.24. The van der Waals surface area contributed by atoms with Crippen molar-refractivity contribution >= 4 is 39.8 Å². The number of carboxylic acids is 1. The lowest BCUT2D eigenvalue weighted by Crippen LogP contribution is -2.25. The third-order valence-electron chi connectivity index (χ3n) is 3.47. The van der Waals surface area contributed by atoms with Gasteiger partial charge in [-0.1, -0.05) is 36.4 Å². The van der Waals surface area contributed by atoms with E-state index in [0.29, 0.717) is 0 Å². The second-order valence-corrected chi connectivity index (χ2v) is 6.71. The maximum atomic E-state index is 11.0. The highest BCUT2D eigenvalue weighted by molar-refractivity contribution is 7.95. The van der Waals surface area contributed by atoms with Gasteiger partial charge in [0.15, 0.2) is 0 Å². The van der Waals surface area contributed by atoms with Gasteiger partial charge in [0.2, 0.25) is 0 Å². The predicted molar refractivity (Wildman–Crippen MR) is 92.5 cm³/mol. The standard InChI is InChI=1S/C18H17NO3S/c1-18(2,11-16(20)21)22-23-17-12-7-3-5-9-14(12)19-15-10-6-4-8-13(15)17/h3-10H,11H2,1-2H3,(H,20,21). The summed E-state index contributed by atoms with van der Waals surface area (Å²) in [6.45, 7) is 3.55. The minimum Gasteiger partial charge on any atom is -0.481 e. The van der Waals surface area contributed by atoms with Gasteiger partial charge in [-0.05, 0) is 26.0 Å². The fraction of sp³-hybridized carbons (Fsp3) is 0.222. The minimum absolute atomic E-state index is 0.0546. The van der Waals surface area contributed by atoms with Crippen LogP contribution in [0.5, 0.6) is 0 Å². The third-order valence-corrected chi connectivity index (χ3v) is 4.61. The maximum Gasteiger partial charge on any atom is 0.306 e. The van der Waals surface area contributed by atoms with Crippen LogP contribution in [-0.4, -0.2) is 21.7 Å². The summed E-state index contributed by atoms with van der Waals surface area (Å²) in [4.78, 5) is 16.6. The molecule has 1 heterocycles. The SMILES string of the molecule is CC(C)(CC(=O)O)OSc1c2ccccc2nc2ccccc12. The Morgan fingerprint density at radius 2 is 1.61 bits per heavy atom. The van der Waals surface area contributed by atoms with Crippen LogP contribution in [0.3, 0.4) is 0 Å². The van der Waals surface area contributed by atoms with E-state index in [-0.39, 0.29) is 6.42 Å². The van der Waals surface area contributed by atoms with Crippen molar-refractivity contribution in [2.45, 2.75) is 30.8 Å². The molecule has 4 nitrogen and oxygen atoms in total. The largest absolute Gasteiger partial charge is 0.481 e. The van der Waals surface area contributed by atoms with Crippen LogP contribution in [0.25, 0.3) is 21.8 Å². The van der Waals surface area contributed by atoms with Crippen molar-refractivity contribution in [1.29, 1.82) is 0 Å². The number of para-hydroxylation sites is 2. The average Bonchev–Trinajstić information content (AvgIpc) is 2.50. The Labute approximate surface area is 138 Å². The number of aromatic nitrogens is 1. The summed E-state index contributed by atoms with van der Waals surface area (Å²) in [6.07, 6.45) is -0.0546. The van der Waals surface area contributed by atoms with Gasteiger partial charge in [0.1, 0.15) is 0 Å². The lowest BCUT2D eigenvalue weighted by Gasteiger charge is -2.22. The van der Waals surface area contributed by atoms with Gasteiger partial charge < -0.3 is 9.29 Å². The highest BCUT2D eigenvalue weighted by atomic mass is 32.2. The molecule has 0 aliphatic heterocycles. The van der Waals surface area contributed by atoms with Gasteiger partial charge in [-0.15, -0.1) is 0 Å². The Kier molecular flexibility index (Phi) is 4.24. The van der Waals surface area contributed by atoms with Gasteiger partial charge >= 0.3 is 5.97 Å². The number of hydrogen-bond donors (Lipinski definition) is 1. The number of pyridine rings is 1. The number of carboxylic acid groups (broad SMARTS) is 1. The first kappa shape index (κ1) is 15.8. The van der Waals surface area contributed by atoms with Crippen molar-refractivity contribution in [2.24, 2.45) is 0 Å². The Hall–Kier alpha value is -2.11. The lowest BCUT2D eigenvalue weighted by atomic mass is 10.1. The van der Waals surface area contributed by atoms with Crippen LogP contribution in [0.2, 0.25) is 0 Å². The topological polar surface area (TPSA) is 59.4 Å². The fourth-order valence-electron chi connectivity index (χ4n) is 2.44. The molecule has 1 N–H and O–H groups in total. The molecule has 0 spiro atoms. The molecule has 0 radical (unpaired) electrons. The van der Waals surface area contributed by atoms with Gasteiger partial charge in [-0.2, -0.15) is 0 Å². The molecule has 0 aliphatic rings. The molecule has 0 aliphatic carbocycles. The molecule has 5 heteroatoms. The van der Waals surface area contributed by atoms with E-state index in [9.17, 15) is 4.79 Å². The zero-order valence-corrected chi connectivity index (χ0v) is 13.8. The summed E-state index contributed by atoms with van der Waals surface area (Å²) >= 11 is 1.22. The molecule has 0 bridgehead atoms. The maximum absolute atomic E-state index is 11.0. The van der Waals surface area contributed by atoms with Crippen molar-refractivity contribution < 1.29 is 14.1 Å². The zero-order chi connectivity index (χ0) is 16.4. The average molecular weight is 327 g/mol. The van der Waals surface area contributed by atoms with Crippen LogP contribution < -0.4 is 0 Å². The third kappa shape index (κ3) is 3.46. The van der Waals surface area contributed by atoms with E-state index in [2.05, 4.69) is 4.98 Å². The smallest absolute Gasteiger partial charge is 0.306 e. The van der Waals surface area contributed by atoms with Crippen molar-refractivity contribution in [3.8, 4) is 0 Å². The van der Waals surface area contributed by atoms with Gasteiger partial charge in [-0.25, -0.2) is 4.98 Å². The van der Waals surface area contributed by atoms with Crippen LogP contribution in [-0.2, 0) is 8.98 Å². The quantitative estimate of drug-likeness (QED) is 0.545. The van der Waals surface area contributed by atoms with Crippen LogP contribution in [0, 0.1) is 0 Å². The molecule has 0 unspecified atom stereocenters. The predicted octanol–water partition coefficient (Wildman–Crippen LogP) is 4.67. The lowest BCUT2D eigenvalue weighted by molar-refractivity contribution is -0.140. The molecule has 0 saturated heterocycles. The molecule has 0 amide bonds. The van der Waals surface area contributed by atoms with E-state index >= 15 is 0 Å². The number of aliphatic carboxylic acids is 1. The molecule has 3 rings (SSSR count). The second kappa shape index (κ2) is 6.18. The molecule has 0 atom stereocenters. The second-order valence-electron chi connectivity index (χ2n) is 5.97. The van der Waals surface area contributed by atoms with Crippen LogP contribution in [0.4, 0.5) is 0 Å². The zero-order valence-electron chi connectivity index (χ0n) is 12.9. The number of carbonyl (C=O) groups is 1. The first-order chi connectivity index (χ1) is 11.0. The number of hydrogen-bond acceptors (Lipinski definition) is 4. The Balaban J connectivity index is 2.05. The molecule has 23 heavy (non-hydrogen) atoms. The monoisotopic (exact) mass is 327 g/mol. The Morgan fingerprint density at radius 3 is 2.13 bits per heavy atom. The van der Waals surface area contributed by atoms with E-state index < -0.39 is 11.6 Å². The van der Waals surface area contributed by atoms with E-state index in [4.69, 9.17) is 9.29 Å². The fourth-order valence-corrected chi connectivity index (χ4v) is 3.33. The molecule has 1 aromatic heterocycles. The first-order valence-corrected chi connectivity index (χ1v) is 8.05. The van der Waals surface area contributed by atoms with E-state index in [1.165, 1.54) is 12.0 Å². The van der Waals surface area contributed by atoms with Crippen molar-refractivity contribution in [3.05, 3.63) is 48.5 Å². The van der Waals surface area contributed by atoms with E-state index in [1.54, 1.807) is 13.8 Å². The summed E-state index contributed by atoms with van der Waals surface area (Å²) in [5, 5.41) is 11.0. The molecular formula is C18H17NO3S. The van der Waals surface area contributed by atoms with Crippen LogP contribution >= 0.6 is 12.0 Å². The summed E-state index contributed by atoms with van der Waals surface area (Å²) < 4.78 is 5.85. The molecule has 118 valence electrons. The summed E-state index contributed by atoms with van der Waals surface area (Å²) in [7, 11) is 0. The van der Waals surface area contributed by atoms with Gasteiger partial charge in [0.05, 0.1) is 28.0 Å². The van der Waals surface area contributed by atoms with Crippen molar-refractivity contribution in [2.75, 3.05) is 0 Å². The number of nitrogens with zero attached hydrogens (tertiary/aromatic N) is 1. The van der Waals surface area contributed by atoms with Gasteiger partial charge in [0.25, 0.3) is 0 Å². The Morgan fingerprint density at radius 1 is 1.09 bits per heavy atom. The molecule has 2 aromatic carbocycles. The molecule has 0 fully saturated rings. The van der Waals surface area contributed by atoms with Crippen molar-refractivity contribution in [3.63, 3.8) is 0 Å². The highest BCUT2D eigenvalue weighted by Crippen LogP contribution is 2.37. The molecule has 0 saturated carbocycles. The van der Waals surface area contributed by atoms with Crippen LogP contribution in [0.1, 0.15) is 20.3 Å². The molecular weight excluding hydrogens is 310 g/mol. The first-order valence-electron chi connectivity index (χ1n) is 7.31. The number of benzene rings is 2. The summed E-state index contributed by atoms with van der Waals surface area (Å²) in [6, 6.07) is 15.8. The van der Waals surface area contributed by atoms with E-state index in [1.807, 2.05) is 48.5 Å². The van der Waals surface area contributed by atoms with Crippen LogP contribution in [0.15, 0.2) is 53.4 Å². The number of fused-ring (bicyclic) bond motifs is 2. The summed E-state index contributed by atoms with van der Waals surface area (Å²) in [5.74, 6) is -0.875. The number of rotatable bonds is 5. The van der Waals surface area contributed by atoms with Crippen molar-refractivity contribution in [1.82, 2.24) is 4.98 Å². The normalized spacial score (nSPS) is 11.9.